The number of nitrogens with one attached hydrogen (secondary N) is 1. The van der Waals surface area contributed by atoms with Gasteiger partial charge < -0.3 is 10.2 Å². The van der Waals surface area contributed by atoms with E-state index in [-0.39, 0.29) is 0 Å². The molecule has 1 atom stereocenters. The Hall–Kier alpha value is -0.0800. The maximum absolute atomic E-state index is 3.51. The van der Waals surface area contributed by atoms with E-state index in [0.717, 1.165) is 12.0 Å². The number of piperidine rings is 1. The van der Waals surface area contributed by atoms with Crippen molar-refractivity contribution in [1.29, 1.82) is 0 Å². The second-order valence-electron chi connectivity index (χ2n) is 5.44. The fourth-order valence-electron chi connectivity index (χ4n) is 3.14. The van der Waals surface area contributed by atoms with Gasteiger partial charge in [-0.05, 0) is 45.2 Å². The molecule has 1 aliphatic heterocycles. The maximum atomic E-state index is 3.51. The lowest BCUT2D eigenvalue weighted by Crippen LogP contribution is -2.45. The van der Waals surface area contributed by atoms with E-state index < -0.39 is 0 Å². The number of likely N-dealkylation sites (N-methyl/N-ethyl adjacent to an activating group) is 1. The average molecular weight is 210 g/mol. The van der Waals surface area contributed by atoms with E-state index in [9.17, 15) is 0 Å². The normalized spacial score (nSPS) is 29.6. The first kappa shape index (κ1) is 11.4. The van der Waals surface area contributed by atoms with E-state index in [2.05, 4.69) is 17.3 Å². The van der Waals surface area contributed by atoms with Crippen LogP contribution in [0.25, 0.3) is 0 Å². The van der Waals surface area contributed by atoms with Gasteiger partial charge in [0.2, 0.25) is 0 Å². The van der Waals surface area contributed by atoms with E-state index in [0.29, 0.717) is 0 Å². The van der Waals surface area contributed by atoms with Crippen LogP contribution in [0.3, 0.4) is 0 Å². The van der Waals surface area contributed by atoms with Crippen molar-refractivity contribution >= 4 is 0 Å². The summed E-state index contributed by atoms with van der Waals surface area (Å²) in [5.74, 6) is 0.991. The predicted molar refractivity (Wildman–Crippen MR) is 65.1 cm³/mol. The number of rotatable bonds is 3. The summed E-state index contributed by atoms with van der Waals surface area (Å²) in [5.41, 5.74) is 0. The maximum Gasteiger partial charge on any atom is 0.0218 e. The molecule has 1 aliphatic carbocycles. The first-order valence-electron chi connectivity index (χ1n) is 6.77. The molecule has 0 aromatic heterocycles. The Kier molecular flexibility index (Phi) is 4.45. The number of hydrogen-bond donors (Lipinski definition) is 1. The molecule has 0 amide bonds. The average Bonchev–Trinajstić information content (AvgIpc) is 2.31. The summed E-state index contributed by atoms with van der Waals surface area (Å²) < 4.78 is 0. The van der Waals surface area contributed by atoms with Gasteiger partial charge in [0.1, 0.15) is 0 Å². The van der Waals surface area contributed by atoms with Gasteiger partial charge in [-0.25, -0.2) is 0 Å². The van der Waals surface area contributed by atoms with Gasteiger partial charge in [-0.1, -0.05) is 19.3 Å². The fraction of sp³-hybridized carbons (Fsp3) is 1.00. The molecule has 2 heteroatoms. The van der Waals surface area contributed by atoms with Crippen LogP contribution >= 0.6 is 0 Å². The third-order valence-electron chi connectivity index (χ3n) is 4.17. The van der Waals surface area contributed by atoms with Gasteiger partial charge in [0, 0.05) is 19.1 Å². The Morgan fingerprint density at radius 3 is 2.53 bits per heavy atom. The summed E-state index contributed by atoms with van der Waals surface area (Å²) in [6.45, 7) is 3.78. The highest BCUT2D eigenvalue weighted by molar-refractivity contribution is 4.78. The summed E-state index contributed by atoms with van der Waals surface area (Å²) >= 11 is 0. The van der Waals surface area contributed by atoms with Crippen molar-refractivity contribution in [3.63, 3.8) is 0 Å². The highest BCUT2D eigenvalue weighted by atomic mass is 15.2. The zero-order valence-electron chi connectivity index (χ0n) is 10.2. The first-order valence-corrected chi connectivity index (χ1v) is 6.77. The molecule has 15 heavy (non-hydrogen) atoms. The minimum absolute atomic E-state index is 0.806. The highest BCUT2D eigenvalue weighted by Crippen LogP contribution is 2.25. The van der Waals surface area contributed by atoms with Crippen LogP contribution in [-0.4, -0.2) is 37.6 Å². The predicted octanol–water partition coefficient (Wildman–Crippen LogP) is 2.25. The summed E-state index contributed by atoms with van der Waals surface area (Å²) in [6, 6.07) is 0.806. The Balaban J connectivity index is 1.72. The van der Waals surface area contributed by atoms with Gasteiger partial charge in [0.15, 0.2) is 0 Å². The van der Waals surface area contributed by atoms with Crippen molar-refractivity contribution in [3.05, 3.63) is 0 Å². The van der Waals surface area contributed by atoms with Crippen LogP contribution in [0.1, 0.15) is 44.9 Å². The molecule has 1 saturated heterocycles. The van der Waals surface area contributed by atoms with Crippen molar-refractivity contribution in [2.45, 2.75) is 51.0 Å². The van der Waals surface area contributed by atoms with Crippen molar-refractivity contribution in [2.24, 2.45) is 5.92 Å². The van der Waals surface area contributed by atoms with E-state index in [4.69, 9.17) is 0 Å². The Labute approximate surface area is 94.4 Å². The molecule has 1 heterocycles. The standard InChI is InChI=1S/C13H26N2/c1-15(13-8-5-9-14-10-13)11-12-6-3-2-4-7-12/h12-14H,2-11H2,1H3. The molecule has 0 radical (unpaired) electrons. The molecule has 2 nitrogen and oxygen atoms in total. The van der Waals surface area contributed by atoms with Crippen LogP contribution in [0.4, 0.5) is 0 Å². The van der Waals surface area contributed by atoms with E-state index in [1.807, 2.05) is 0 Å². The second-order valence-corrected chi connectivity index (χ2v) is 5.44. The van der Waals surface area contributed by atoms with E-state index >= 15 is 0 Å². The first-order chi connectivity index (χ1) is 7.36. The topological polar surface area (TPSA) is 15.3 Å². The monoisotopic (exact) mass is 210 g/mol. The van der Waals surface area contributed by atoms with Gasteiger partial charge in [-0.3, -0.25) is 0 Å². The zero-order valence-corrected chi connectivity index (χ0v) is 10.2. The second kappa shape index (κ2) is 5.86. The fourth-order valence-corrected chi connectivity index (χ4v) is 3.14. The van der Waals surface area contributed by atoms with E-state index in [1.165, 1.54) is 64.6 Å². The quantitative estimate of drug-likeness (QED) is 0.768. The molecule has 2 fully saturated rings. The Morgan fingerprint density at radius 2 is 1.87 bits per heavy atom. The summed E-state index contributed by atoms with van der Waals surface area (Å²) in [5, 5.41) is 3.51. The van der Waals surface area contributed by atoms with E-state index in [1.54, 1.807) is 0 Å². The SMILES string of the molecule is CN(CC1CCCCC1)C1CCCNC1. The van der Waals surface area contributed by atoms with Crippen LogP contribution in [0.15, 0.2) is 0 Å². The summed E-state index contributed by atoms with van der Waals surface area (Å²) in [4.78, 5) is 2.61. The molecular weight excluding hydrogens is 184 g/mol. The molecule has 1 N–H and O–H groups in total. The Morgan fingerprint density at radius 1 is 1.07 bits per heavy atom. The number of nitrogens with zero attached hydrogens (tertiary/aromatic N) is 1. The van der Waals surface area contributed by atoms with Gasteiger partial charge in [0.05, 0.1) is 0 Å². The lowest BCUT2D eigenvalue weighted by molar-refractivity contribution is 0.159. The van der Waals surface area contributed by atoms with Crippen molar-refractivity contribution in [3.8, 4) is 0 Å². The van der Waals surface area contributed by atoms with Crippen LogP contribution in [0.2, 0.25) is 0 Å². The van der Waals surface area contributed by atoms with Crippen LogP contribution in [0, 0.1) is 5.92 Å². The zero-order chi connectivity index (χ0) is 10.5. The molecule has 1 saturated carbocycles. The van der Waals surface area contributed by atoms with Gasteiger partial charge >= 0.3 is 0 Å². The van der Waals surface area contributed by atoms with Crippen LogP contribution in [0.5, 0.6) is 0 Å². The minimum atomic E-state index is 0.806. The van der Waals surface area contributed by atoms with Crippen molar-refractivity contribution in [1.82, 2.24) is 10.2 Å². The minimum Gasteiger partial charge on any atom is -0.315 e. The van der Waals surface area contributed by atoms with Crippen molar-refractivity contribution < 1.29 is 0 Å². The third kappa shape index (κ3) is 3.46. The molecule has 0 aromatic rings. The molecule has 2 aliphatic rings. The van der Waals surface area contributed by atoms with Crippen LogP contribution in [-0.2, 0) is 0 Å². The highest BCUT2D eigenvalue weighted by Gasteiger charge is 2.21. The summed E-state index contributed by atoms with van der Waals surface area (Å²) in [7, 11) is 2.33. The largest absolute Gasteiger partial charge is 0.315 e. The third-order valence-corrected chi connectivity index (χ3v) is 4.17. The lowest BCUT2D eigenvalue weighted by Gasteiger charge is -2.35. The molecule has 0 spiro atoms. The van der Waals surface area contributed by atoms with Gasteiger partial charge in [-0.15, -0.1) is 0 Å². The molecule has 88 valence electrons. The van der Waals surface area contributed by atoms with Gasteiger partial charge in [-0.2, -0.15) is 0 Å². The molecule has 0 aromatic carbocycles. The smallest absolute Gasteiger partial charge is 0.0218 e. The van der Waals surface area contributed by atoms with Gasteiger partial charge in [0.25, 0.3) is 0 Å². The summed E-state index contributed by atoms with van der Waals surface area (Å²) in [6.07, 6.45) is 10.1. The van der Waals surface area contributed by atoms with Crippen molar-refractivity contribution in [2.75, 3.05) is 26.7 Å². The molecule has 2 rings (SSSR count). The Bertz CT molecular complexity index is 169. The lowest BCUT2D eigenvalue weighted by atomic mass is 9.88. The number of hydrogen-bond acceptors (Lipinski definition) is 2. The molecule has 0 bridgehead atoms. The molecular formula is C13H26N2. The molecule has 1 unspecified atom stereocenters. The van der Waals surface area contributed by atoms with Crippen LogP contribution < -0.4 is 5.32 Å².